The Morgan fingerprint density at radius 3 is 2.42 bits per heavy atom. The minimum Gasteiger partial charge on any atom is -0.369 e. The third kappa shape index (κ3) is 4.09. The van der Waals surface area contributed by atoms with Crippen LogP contribution >= 0.6 is 11.8 Å². The van der Waals surface area contributed by atoms with E-state index < -0.39 is 5.25 Å². The molecular formula is C18H24N6OS. The van der Waals surface area contributed by atoms with Crippen LogP contribution in [0.5, 0.6) is 0 Å². The maximum atomic E-state index is 12.1. The maximum Gasteiger partial charge on any atom is 0.231 e. The molecule has 1 aromatic heterocycles. The summed E-state index contributed by atoms with van der Waals surface area (Å²) in [6, 6.07) is 4.36. The lowest BCUT2D eigenvalue weighted by Gasteiger charge is -2.28. The largest absolute Gasteiger partial charge is 0.369 e. The molecule has 1 fully saturated rings. The average Bonchev–Trinajstić information content (AvgIpc) is 2.64. The van der Waals surface area contributed by atoms with Crippen molar-refractivity contribution in [2.45, 2.75) is 36.5 Å². The SMILES string of the molecule is CCc1c(C#N)c(SC(C(N)=O)C2CCNCC2)nc(N(C)C)c1C#N. The van der Waals surface area contributed by atoms with Gasteiger partial charge in [-0.25, -0.2) is 4.98 Å². The first-order valence-corrected chi connectivity index (χ1v) is 9.53. The van der Waals surface area contributed by atoms with Crippen molar-refractivity contribution in [3.8, 4) is 12.1 Å². The summed E-state index contributed by atoms with van der Waals surface area (Å²) in [4.78, 5) is 18.4. The monoisotopic (exact) mass is 372 g/mol. The second kappa shape index (κ2) is 8.88. The highest BCUT2D eigenvalue weighted by Crippen LogP contribution is 2.37. The Morgan fingerprint density at radius 1 is 1.35 bits per heavy atom. The van der Waals surface area contributed by atoms with E-state index in [0.29, 0.717) is 34.0 Å². The molecule has 0 bridgehead atoms. The van der Waals surface area contributed by atoms with E-state index >= 15 is 0 Å². The van der Waals surface area contributed by atoms with Crippen molar-refractivity contribution in [3.63, 3.8) is 0 Å². The van der Waals surface area contributed by atoms with Crippen LogP contribution in [-0.2, 0) is 11.2 Å². The third-order valence-corrected chi connectivity index (χ3v) is 5.97. The normalized spacial score (nSPS) is 15.7. The van der Waals surface area contributed by atoms with Crippen LogP contribution < -0.4 is 16.0 Å². The van der Waals surface area contributed by atoms with Crippen LogP contribution in [0.15, 0.2) is 5.03 Å². The van der Waals surface area contributed by atoms with E-state index in [1.807, 2.05) is 21.0 Å². The topological polar surface area (TPSA) is 119 Å². The summed E-state index contributed by atoms with van der Waals surface area (Å²) in [5, 5.41) is 22.6. The molecule has 8 heteroatoms. The standard InChI is InChI=1S/C18H24N6OS/c1-4-12-13(9-19)17(24(2)3)23-18(14(12)10-20)26-15(16(21)25)11-5-7-22-8-6-11/h11,15,22H,4-8H2,1-3H3,(H2,21,25). The van der Waals surface area contributed by atoms with Crippen LogP contribution in [0.2, 0.25) is 0 Å². The molecule has 0 saturated carbocycles. The van der Waals surface area contributed by atoms with Gasteiger partial charge in [-0.1, -0.05) is 18.7 Å². The number of primary amides is 1. The van der Waals surface area contributed by atoms with Crippen molar-refractivity contribution >= 4 is 23.5 Å². The Morgan fingerprint density at radius 2 is 1.96 bits per heavy atom. The number of carbonyl (C=O) groups excluding carboxylic acids is 1. The zero-order valence-corrected chi connectivity index (χ0v) is 16.2. The molecule has 1 aliphatic rings. The molecule has 1 unspecified atom stereocenters. The highest BCUT2D eigenvalue weighted by molar-refractivity contribution is 8.00. The van der Waals surface area contributed by atoms with Crippen LogP contribution in [0, 0.1) is 28.6 Å². The highest BCUT2D eigenvalue weighted by atomic mass is 32.2. The van der Waals surface area contributed by atoms with Crippen molar-refractivity contribution < 1.29 is 4.79 Å². The summed E-state index contributed by atoms with van der Waals surface area (Å²) in [7, 11) is 3.61. The van der Waals surface area contributed by atoms with Crippen molar-refractivity contribution in [3.05, 3.63) is 16.7 Å². The number of nitrogens with zero attached hydrogens (tertiary/aromatic N) is 4. The number of thioether (sulfide) groups is 1. The number of carbonyl (C=O) groups is 1. The predicted molar refractivity (Wildman–Crippen MR) is 102 cm³/mol. The van der Waals surface area contributed by atoms with E-state index in [2.05, 4.69) is 22.4 Å². The summed E-state index contributed by atoms with van der Waals surface area (Å²) < 4.78 is 0. The fraction of sp³-hybridized carbons (Fsp3) is 0.556. The summed E-state index contributed by atoms with van der Waals surface area (Å²) in [5.74, 6) is 0.274. The Balaban J connectivity index is 2.53. The Labute approximate surface area is 158 Å². The Kier molecular flexibility index (Phi) is 6.84. The second-order valence-corrected chi connectivity index (χ2v) is 7.60. The van der Waals surface area contributed by atoms with Crippen molar-refractivity contribution in [2.75, 3.05) is 32.1 Å². The van der Waals surface area contributed by atoms with Gasteiger partial charge in [-0.15, -0.1) is 0 Å². The molecule has 1 aliphatic heterocycles. The molecule has 0 spiro atoms. The quantitative estimate of drug-likeness (QED) is 0.724. The lowest BCUT2D eigenvalue weighted by Crippen LogP contribution is -2.39. The molecule has 0 aromatic carbocycles. The van der Waals surface area contributed by atoms with E-state index in [1.165, 1.54) is 11.8 Å². The first kappa shape index (κ1) is 20.0. The van der Waals surface area contributed by atoms with E-state index in [-0.39, 0.29) is 11.8 Å². The first-order chi connectivity index (χ1) is 12.4. The molecule has 1 saturated heterocycles. The highest BCUT2D eigenvalue weighted by Gasteiger charge is 2.31. The van der Waals surface area contributed by atoms with Gasteiger partial charge in [0.25, 0.3) is 0 Å². The van der Waals surface area contributed by atoms with Crippen molar-refractivity contribution in [2.24, 2.45) is 11.7 Å². The van der Waals surface area contributed by atoms with Gasteiger partial charge in [0, 0.05) is 14.1 Å². The van der Waals surface area contributed by atoms with E-state index in [9.17, 15) is 15.3 Å². The van der Waals surface area contributed by atoms with Crippen LogP contribution in [0.3, 0.4) is 0 Å². The summed E-state index contributed by atoms with van der Waals surface area (Å²) >= 11 is 1.26. The fourth-order valence-electron chi connectivity index (χ4n) is 3.25. The van der Waals surface area contributed by atoms with E-state index in [1.54, 1.807) is 4.90 Å². The van der Waals surface area contributed by atoms with Gasteiger partial charge in [0.15, 0.2) is 0 Å². The van der Waals surface area contributed by atoms with Crippen molar-refractivity contribution in [1.82, 2.24) is 10.3 Å². The number of anilines is 1. The van der Waals surface area contributed by atoms with Gasteiger partial charge >= 0.3 is 0 Å². The number of rotatable bonds is 6. The molecular weight excluding hydrogens is 348 g/mol. The van der Waals surface area contributed by atoms with Gasteiger partial charge in [0.2, 0.25) is 5.91 Å². The predicted octanol–water partition coefficient (Wildman–Crippen LogP) is 1.40. The molecule has 138 valence electrons. The number of nitriles is 2. The number of aromatic nitrogens is 1. The van der Waals surface area contributed by atoms with Gasteiger partial charge in [-0.05, 0) is 43.8 Å². The molecule has 1 amide bonds. The lowest BCUT2D eigenvalue weighted by molar-refractivity contribution is -0.118. The molecule has 3 N–H and O–H groups in total. The number of nitrogens with two attached hydrogens (primary N) is 1. The van der Waals surface area contributed by atoms with Crippen molar-refractivity contribution in [1.29, 1.82) is 10.5 Å². The lowest BCUT2D eigenvalue weighted by atomic mass is 9.94. The molecule has 2 rings (SSSR count). The smallest absolute Gasteiger partial charge is 0.231 e. The van der Waals surface area contributed by atoms with E-state index in [0.717, 1.165) is 25.9 Å². The molecule has 1 aromatic rings. The molecule has 7 nitrogen and oxygen atoms in total. The maximum absolute atomic E-state index is 12.1. The molecule has 2 heterocycles. The second-order valence-electron chi connectivity index (χ2n) is 6.47. The van der Waals surface area contributed by atoms with Crippen LogP contribution in [0.1, 0.15) is 36.5 Å². The molecule has 26 heavy (non-hydrogen) atoms. The average molecular weight is 372 g/mol. The minimum atomic E-state index is -0.440. The number of piperidine rings is 1. The number of pyridine rings is 1. The molecule has 0 aliphatic carbocycles. The van der Waals surface area contributed by atoms with Gasteiger partial charge in [0.1, 0.15) is 23.0 Å². The van der Waals surface area contributed by atoms with Gasteiger partial charge in [-0.3, -0.25) is 4.79 Å². The zero-order valence-electron chi connectivity index (χ0n) is 15.4. The molecule has 0 radical (unpaired) electrons. The number of hydrogen-bond acceptors (Lipinski definition) is 7. The Hall–Kier alpha value is -2.29. The van der Waals surface area contributed by atoms with Gasteiger partial charge in [0.05, 0.1) is 16.4 Å². The number of amides is 1. The number of hydrogen-bond donors (Lipinski definition) is 2. The third-order valence-electron chi connectivity index (χ3n) is 4.58. The van der Waals surface area contributed by atoms with Crippen LogP contribution in [-0.4, -0.2) is 43.3 Å². The summed E-state index contributed by atoms with van der Waals surface area (Å²) in [6.07, 6.45) is 2.26. The van der Waals surface area contributed by atoms with Gasteiger partial charge in [-0.2, -0.15) is 10.5 Å². The van der Waals surface area contributed by atoms with Gasteiger partial charge < -0.3 is 16.0 Å². The Bertz CT molecular complexity index is 758. The van der Waals surface area contributed by atoms with Crippen LogP contribution in [0.4, 0.5) is 5.82 Å². The summed E-state index contributed by atoms with van der Waals surface area (Å²) in [5.41, 5.74) is 7.14. The zero-order chi connectivity index (χ0) is 19.3. The first-order valence-electron chi connectivity index (χ1n) is 8.65. The minimum absolute atomic E-state index is 0.149. The fourth-order valence-corrected chi connectivity index (χ4v) is 4.49. The summed E-state index contributed by atoms with van der Waals surface area (Å²) in [6.45, 7) is 3.61. The number of nitrogens with one attached hydrogen (secondary N) is 1. The molecule has 1 atom stereocenters. The van der Waals surface area contributed by atoms with Crippen LogP contribution in [0.25, 0.3) is 0 Å². The van der Waals surface area contributed by atoms with E-state index in [4.69, 9.17) is 5.73 Å².